The van der Waals surface area contributed by atoms with Crippen LogP contribution in [-0.4, -0.2) is 15.6 Å². The number of amides is 1. The van der Waals surface area contributed by atoms with Crippen LogP contribution in [0.1, 0.15) is 23.5 Å². The van der Waals surface area contributed by atoms with Gasteiger partial charge in [0.05, 0.1) is 10.9 Å². The fourth-order valence-electron chi connectivity index (χ4n) is 3.12. The van der Waals surface area contributed by atoms with E-state index in [0.717, 1.165) is 16.7 Å². The molecule has 1 aliphatic carbocycles. The highest BCUT2D eigenvalue weighted by Gasteiger charge is 2.44. The van der Waals surface area contributed by atoms with Gasteiger partial charge in [-0.25, -0.2) is 0 Å². The highest BCUT2D eigenvalue weighted by molar-refractivity contribution is 7.71. The molecule has 4 rings (SSSR count). The highest BCUT2D eigenvalue weighted by Crippen LogP contribution is 2.47. The van der Waals surface area contributed by atoms with E-state index in [0.29, 0.717) is 10.9 Å². The summed E-state index contributed by atoms with van der Waals surface area (Å²) in [6, 6.07) is 15.3. The Morgan fingerprint density at radius 3 is 2.68 bits per heavy atom. The molecule has 3 aromatic rings. The molecule has 1 saturated carbocycles. The lowest BCUT2D eigenvalue weighted by atomic mass is 10.1. The number of H-pyrrole nitrogens is 1. The van der Waals surface area contributed by atoms with Crippen molar-refractivity contribution in [3.63, 3.8) is 0 Å². The molecule has 0 aliphatic heterocycles. The summed E-state index contributed by atoms with van der Waals surface area (Å²) in [5, 5.41) is 0.488. The molecule has 25 heavy (non-hydrogen) atoms. The first kappa shape index (κ1) is 15.8. The number of hydrogen-bond acceptors (Lipinski definition) is 3. The Morgan fingerprint density at radius 1 is 1.20 bits per heavy atom. The fourth-order valence-corrected chi connectivity index (χ4v) is 3.36. The predicted molar refractivity (Wildman–Crippen MR) is 99.8 cm³/mol. The zero-order valence-corrected chi connectivity index (χ0v) is 14.5. The summed E-state index contributed by atoms with van der Waals surface area (Å²) in [6.07, 6.45) is 0.785. The first-order chi connectivity index (χ1) is 12.0. The third kappa shape index (κ3) is 2.89. The van der Waals surface area contributed by atoms with E-state index in [2.05, 4.69) is 22.5 Å². The lowest BCUT2D eigenvalue weighted by Crippen LogP contribution is -2.35. The van der Waals surface area contributed by atoms with Gasteiger partial charge >= 0.3 is 0 Å². The molecular weight excluding hydrogens is 334 g/mol. The molecule has 6 heteroatoms. The first-order valence-electron chi connectivity index (χ1n) is 8.16. The third-order valence-corrected chi connectivity index (χ3v) is 4.94. The number of aromatic amines is 1. The lowest BCUT2D eigenvalue weighted by molar-refractivity contribution is -0.118. The van der Waals surface area contributed by atoms with Gasteiger partial charge in [-0.15, -0.1) is 0 Å². The molecule has 2 N–H and O–H groups in total. The number of carbonyl (C=O) groups is 1. The second-order valence-electron chi connectivity index (χ2n) is 6.45. The van der Waals surface area contributed by atoms with Crippen LogP contribution in [-0.2, 0) is 4.79 Å². The van der Waals surface area contributed by atoms with Gasteiger partial charge in [-0.3, -0.25) is 15.0 Å². The van der Waals surface area contributed by atoms with Crippen LogP contribution >= 0.6 is 12.2 Å². The van der Waals surface area contributed by atoms with Gasteiger partial charge in [-0.2, -0.15) is 4.68 Å². The van der Waals surface area contributed by atoms with Gasteiger partial charge in [0.2, 0.25) is 5.91 Å². The third-order valence-electron chi connectivity index (χ3n) is 4.66. The van der Waals surface area contributed by atoms with Crippen molar-refractivity contribution in [2.75, 3.05) is 5.43 Å². The predicted octanol–water partition coefficient (Wildman–Crippen LogP) is 3.24. The van der Waals surface area contributed by atoms with E-state index < -0.39 is 0 Å². The molecule has 0 radical (unpaired) electrons. The molecule has 0 bridgehead atoms. The monoisotopic (exact) mass is 351 g/mol. The molecule has 2 atom stereocenters. The van der Waals surface area contributed by atoms with Gasteiger partial charge < -0.3 is 4.98 Å². The molecular formula is C19H17N3O2S. The number of benzene rings is 2. The van der Waals surface area contributed by atoms with Crippen LogP contribution in [0.3, 0.4) is 0 Å². The van der Waals surface area contributed by atoms with Crippen molar-refractivity contribution in [2.24, 2.45) is 5.92 Å². The minimum Gasteiger partial charge on any atom is -0.330 e. The molecule has 0 unspecified atom stereocenters. The standard InChI is InChI=1S/C19H17N3O2S/c1-11-6-8-12(9-7-11)14-10-15(14)17(23)21-22-18(24)13-4-2-3-5-16(13)20-19(22)25/h2-9,14-15H,10H2,1H3,(H,20,25)(H,21,23)/t14-,15-/m1/s1. The molecule has 2 aromatic carbocycles. The fraction of sp³-hybridized carbons (Fsp3) is 0.211. The molecule has 1 amide bonds. The van der Waals surface area contributed by atoms with Crippen LogP contribution < -0.4 is 11.0 Å². The largest absolute Gasteiger partial charge is 0.330 e. The summed E-state index contributed by atoms with van der Waals surface area (Å²) >= 11 is 5.22. The zero-order valence-electron chi connectivity index (χ0n) is 13.7. The first-order valence-corrected chi connectivity index (χ1v) is 8.57. The molecule has 1 fully saturated rings. The van der Waals surface area contributed by atoms with Crippen molar-refractivity contribution in [3.05, 3.63) is 74.8 Å². The van der Waals surface area contributed by atoms with Crippen molar-refractivity contribution < 1.29 is 4.79 Å². The number of fused-ring (bicyclic) bond motifs is 1. The Morgan fingerprint density at radius 2 is 1.92 bits per heavy atom. The second kappa shape index (κ2) is 5.97. The van der Waals surface area contributed by atoms with Gasteiger partial charge in [0.1, 0.15) is 0 Å². The maximum Gasteiger partial charge on any atom is 0.281 e. The Bertz CT molecular complexity index is 1080. The average molecular weight is 351 g/mol. The molecule has 1 heterocycles. The number of rotatable bonds is 3. The zero-order chi connectivity index (χ0) is 17.6. The Balaban J connectivity index is 1.58. The van der Waals surface area contributed by atoms with Gasteiger partial charge in [-0.1, -0.05) is 42.0 Å². The smallest absolute Gasteiger partial charge is 0.281 e. The van der Waals surface area contributed by atoms with E-state index in [1.165, 1.54) is 5.56 Å². The summed E-state index contributed by atoms with van der Waals surface area (Å²) in [7, 11) is 0. The van der Waals surface area contributed by atoms with E-state index in [1.54, 1.807) is 18.2 Å². The summed E-state index contributed by atoms with van der Waals surface area (Å²) < 4.78 is 1.31. The van der Waals surface area contributed by atoms with E-state index in [-0.39, 0.29) is 28.1 Å². The topological polar surface area (TPSA) is 66.9 Å². The maximum atomic E-state index is 12.6. The van der Waals surface area contributed by atoms with Crippen molar-refractivity contribution in [2.45, 2.75) is 19.3 Å². The van der Waals surface area contributed by atoms with Gasteiger partial charge in [-0.05, 0) is 49.2 Å². The van der Waals surface area contributed by atoms with Crippen LogP contribution in [0, 0.1) is 17.6 Å². The molecule has 126 valence electrons. The van der Waals surface area contributed by atoms with Crippen LogP contribution in [0.25, 0.3) is 10.9 Å². The Hall–Kier alpha value is -2.73. The average Bonchev–Trinajstić information content (AvgIpc) is 3.40. The van der Waals surface area contributed by atoms with Gasteiger partial charge in [0, 0.05) is 5.92 Å². The lowest BCUT2D eigenvalue weighted by Gasteiger charge is -2.09. The summed E-state index contributed by atoms with van der Waals surface area (Å²) in [5.41, 5.74) is 5.36. The summed E-state index contributed by atoms with van der Waals surface area (Å²) in [4.78, 5) is 28.1. The number of nitrogens with one attached hydrogen (secondary N) is 2. The molecule has 1 aromatic heterocycles. The SMILES string of the molecule is Cc1ccc([C@H]2C[C@H]2C(=O)Nn2c(=S)[nH]c3ccccc3c2=O)cc1. The highest BCUT2D eigenvalue weighted by atomic mass is 32.1. The summed E-state index contributed by atoms with van der Waals surface area (Å²) in [6.45, 7) is 2.04. The van der Waals surface area contributed by atoms with E-state index in [9.17, 15) is 9.59 Å². The van der Waals surface area contributed by atoms with E-state index >= 15 is 0 Å². The number of nitrogens with zero attached hydrogens (tertiary/aromatic N) is 1. The van der Waals surface area contributed by atoms with Crippen LogP contribution in [0.2, 0.25) is 0 Å². The van der Waals surface area contributed by atoms with Crippen molar-refractivity contribution in [3.8, 4) is 0 Å². The molecule has 0 saturated heterocycles. The molecule has 1 aliphatic rings. The number of aromatic nitrogens is 2. The van der Waals surface area contributed by atoms with Crippen molar-refractivity contribution >= 4 is 29.0 Å². The van der Waals surface area contributed by atoms with Crippen molar-refractivity contribution in [1.82, 2.24) is 9.66 Å². The van der Waals surface area contributed by atoms with Crippen LogP contribution in [0.4, 0.5) is 0 Å². The van der Waals surface area contributed by atoms with Crippen LogP contribution in [0.5, 0.6) is 0 Å². The number of hydrogen-bond donors (Lipinski definition) is 2. The summed E-state index contributed by atoms with van der Waals surface area (Å²) in [5.74, 6) is -0.104. The molecule has 5 nitrogen and oxygen atoms in total. The van der Waals surface area contributed by atoms with Crippen LogP contribution in [0.15, 0.2) is 53.3 Å². The number of para-hydroxylation sites is 1. The Labute approximate surface area is 149 Å². The van der Waals surface area contributed by atoms with Gasteiger partial charge in [0.25, 0.3) is 5.56 Å². The van der Waals surface area contributed by atoms with E-state index in [1.807, 2.05) is 25.1 Å². The van der Waals surface area contributed by atoms with Crippen molar-refractivity contribution in [1.29, 1.82) is 0 Å². The van der Waals surface area contributed by atoms with E-state index in [4.69, 9.17) is 12.2 Å². The maximum absolute atomic E-state index is 12.6. The second-order valence-corrected chi connectivity index (χ2v) is 6.84. The normalized spacial score (nSPS) is 18.9. The quantitative estimate of drug-likeness (QED) is 0.712. The minimum atomic E-state index is -0.319. The number of carbonyl (C=O) groups excluding carboxylic acids is 1. The molecule has 0 spiro atoms. The van der Waals surface area contributed by atoms with Gasteiger partial charge in [0.15, 0.2) is 4.77 Å². The minimum absolute atomic E-state index is 0.129. The number of aryl methyl sites for hydroxylation is 1. The Kier molecular flexibility index (Phi) is 3.77.